The molecule has 0 bridgehead atoms. The lowest BCUT2D eigenvalue weighted by atomic mass is 9.94. The summed E-state index contributed by atoms with van der Waals surface area (Å²) >= 11 is 0. The van der Waals surface area contributed by atoms with E-state index in [1.807, 2.05) is 0 Å². The van der Waals surface area contributed by atoms with Gasteiger partial charge in [-0.3, -0.25) is 14.9 Å². The number of benzene rings is 1. The van der Waals surface area contributed by atoms with E-state index >= 15 is 0 Å². The topological polar surface area (TPSA) is 63.5 Å². The highest BCUT2D eigenvalue weighted by Gasteiger charge is 2.23. The summed E-state index contributed by atoms with van der Waals surface area (Å²) in [6.07, 6.45) is 5.69. The van der Waals surface area contributed by atoms with Gasteiger partial charge in [-0.05, 0) is 18.9 Å². The smallest absolute Gasteiger partial charge is 0.304 e. The SMILES string of the molecule is O=CN(c1ccc([N+](=O)[O-])c(F)c1)C1CCCCC1. The zero-order valence-corrected chi connectivity index (χ0v) is 10.4. The molecule has 0 spiro atoms. The molecule has 1 aromatic carbocycles. The van der Waals surface area contributed by atoms with Crippen LogP contribution >= 0.6 is 0 Å². The summed E-state index contributed by atoms with van der Waals surface area (Å²) < 4.78 is 13.6. The van der Waals surface area contributed by atoms with Gasteiger partial charge in [-0.1, -0.05) is 19.3 Å². The number of hydrogen-bond acceptors (Lipinski definition) is 3. The Bertz CT molecular complexity index is 487. The van der Waals surface area contributed by atoms with E-state index in [2.05, 4.69) is 0 Å². The molecule has 0 aromatic heterocycles. The van der Waals surface area contributed by atoms with Crippen LogP contribution in [0.4, 0.5) is 15.8 Å². The maximum atomic E-state index is 13.6. The van der Waals surface area contributed by atoms with Gasteiger partial charge in [-0.2, -0.15) is 4.39 Å². The highest BCUT2D eigenvalue weighted by molar-refractivity contribution is 5.76. The second-order valence-electron chi connectivity index (χ2n) is 4.70. The number of amides is 1. The third-order valence-electron chi connectivity index (χ3n) is 3.51. The van der Waals surface area contributed by atoms with Crippen molar-refractivity contribution in [1.29, 1.82) is 0 Å². The van der Waals surface area contributed by atoms with Crippen molar-refractivity contribution in [3.8, 4) is 0 Å². The minimum Gasteiger partial charge on any atom is -0.312 e. The van der Waals surface area contributed by atoms with Crippen LogP contribution < -0.4 is 4.90 Å². The van der Waals surface area contributed by atoms with Gasteiger partial charge in [0.2, 0.25) is 12.2 Å². The lowest BCUT2D eigenvalue weighted by molar-refractivity contribution is -0.387. The van der Waals surface area contributed by atoms with E-state index in [0.29, 0.717) is 12.1 Å². The number of rotatable bonds is 4. The first-order valence-electron chi connectivity index (χ1n) is 6.31. The molecule has 102 valence electrons. The molecule has 0 heterocycles. The standard InChI is InChI=1S/C13H15FN2O3/c14-12-8-11(6-7-13(12)16(18)19)15(9-17)10-4-2-1-3-5-10/h6-10H,1-5H2. The molecule has 5 nitrogen and oxygen atoms in total. The molecule has 0 unspecified atom stereocenters. The zero-order chi connectivity index (χ0) is 13.8. The monoisotopic (exact) mass is 266 g/mol. The Morgan fingerprint density at radius 1 is 1.32 bits per heavy atom. The first kappa shape index (κ1) is 13.5. The van der Waals surface area contributed by atoms with Crippen molar-refractivity contribution in [1.82, 2.24) is 0 Å². The predicted molar refractivity (Wildman–Crippen MR) is 68.5 cm³/mol. The fraction of sp³-hybridized carbons (Fsp3) is 0.462. The largest absolute Gasteiger partial charge is 0.312 e. The molecular formula is C13H15FN2O3. The molecule has 0 radical (unpaired) electrons. The number of anilines is 1. The molecule has 1 aromatic rings. The molecule has 6 heteroatoms. The van der Waals surface area contributed by atoms with Crippen LogP contribution in [-0.4, -0.2) is 17.4 Å². The van der Waals surface area contributed by atoms with Crippen molar-refractivity contribution in [2.45, 2.75) is 38.1 Å². The molecule has 0 atom stereocenters. The Hall–Kier alpha value is -1.98. The van der Waals surface area contributed by atoms with Gasteiger partial charge in [0.1, 0.15) is 0 Å². The predicted octanol–water partition coefficient (Wildman–Crippen LogP) is 3.03. The summed E-state index contributed by atoms with van der Waals surface area (Å²) in [5, 5.41) is 10.6. The normalized spacial score (nSPS) is 16.1. The van der Waals surface area contributed by atoms with Crippen molar-refractivity contribution in [2.75, 3.05) is 4.90 Å². The molecular weight excluding hydrogens is 251 g/mol. The first-order valence-corrected chi connectivity index (χ1v) is 6.31. The third kappa shape index (κ3) is 2.89. The van der Waals surface area contributed by atoms with Gasteiger partial charge in [0.05, 0.1) is 4.92 Å². The number of hydrogen-bond donors (Lipinski definition) is 0. The Balaban J connectivity index is 2.25. The molecule has 1 aliphatic rings. The Kier molecular flexibility index (Phi) is 4.09. The number of halogens is 1. The van der Waals surface area contributed by atoms with Crippen LogP contribution in [0.15, 0.2) is 18.2 Å². The van der Waals surface area contributed by atoms with Crippen molar-refractivity contribution < 1.29 is 14.1 Å². The van der Waals surface area contributed by atoms with Gasteiger partial charge in [-0.15, -0.1) is 0 Å². The number of carbonyl (C=O) groups is 1. The van der Waals surface area contributed by atoms with E-state index in [1.165, 1.54) is 11.0 Å². The van der Waals surface area contributed by atoms with Crippen molar-refractivity contribution in [2.24, 2.45) is 0 Å². The number of carbonyl (C=O) groups excluding carboxylic acids is 1. The molecule has 19 heavy (non-hydrogen) atoms. The summed E-state index contributed by atoms with van der Waals surface area (Å²) in [5.41, 5.74) is -0.191. The van der Waals surface area contributed by atoms with E-state index in [4.69, 9.17) is 0 Å². The van der Waals surface area contributed by atoms with Gasteiger partial charge >= 0.3 is 5.69 Å². The van der Waals surface area contributed by atoms with Crippen LogP contribution in [0.5, 0.6) is 0 Å². The maximum Gasteiger partial charge on any atom is 0.304 e. The summed E-state index contributed by atoms with van der Waals surface area (Å²) in [7, 11) is 0. The Morgan fingerprint density at radius 2 is 2.00 bits per heavy atom. The van der Waals surface area contributed by atoms with Gasteiger partial charge in [0.25, 0.3) is 0 Å². The van der Waals surface area contributed by atoms with E-state index in [1.54, 1.807) is 0 Å². The van der Waals surface area contributed by atoms with Gasteiger partial charge in [0, 0.05) is 23.9 Å². The van der Waals surface area contributed by atoms with Gasteiger partial charge in [0.15, 0.2) is 0 Å². The number of nitrogens with zero attached hydrogens (tertiary/aromatic N) is 2. The lowest BCUT2D eigenvalue weighted by Crippen LogP contribution is -2.35. The Labute approximate surface area is 110 Å². The number of nitro groups is 1. The zero-order valence-electron chi connectivity index (χ0n) is 10.4. The molecule has 0 aliphatic heterocycles. The fourth-order valence-electron chi connectivity index (χ4n) is 2.52. The maximum absolute atomic E-state index is 13.6. The molecule has 1 aliphatic carbocycles. The van der Waals surface area contributed by atoms with E-state index < -0.39 is 16.4 Å². The van der Waals surface area contributed by atoms with Crippen LogP contribution in [0.1, 0.15) is 32.1 Å². The average Bonchev–Trinajstić information content (AvgIpc) is 2.40. The molecule has 1 saturated carbocycles. The van der Waals surface area contributed by atoms with Crippen molar-refractivity contribution >= 4 is 17.8 Å². The highest BCUT2D eigenvalue weighted by atomic mass is 19.1. The van der Waals surface area contributed by atoms with Crippen LogP contribution in [0.2, 0.25) is 0 Å². The van der Waals surface area contributed by atoms with E-state index in [9.17, 15) is 19.3 Å². The summed E-state index contributed by atoms with van der Waals surface area (Å²) in [6.45, 7) is 0. The van der Waals surface area contributed by atoms with Crippen LogP contribution in [0.3, 0.4) is 0 Å². The van der Waals surface area contributed by atoms with Crippen molar-refractivity contribution in [3.63, 3.8) is 0 Å². The summed E-state index contributed by atoms with van der Waals surface area (Å²) in [6, 6.07) is 3.64. The van der Waals surface area contributed by atoms with Crippen LogP contribution in [0, 0.1) is 15.9 Å². The average molecular weight is 266 g/mol. The second-order valence-corrected chi connectivity index (χ2v) is 4.70. The van der Waals surface area contributed by atoms with Crippen molar-refractivity contribution in [3.05, 3.63) is 34.1 Å². The summed E-state index contributed by atoms with van der Waals surface area (Å²) in [4.78, 5) is 22.5. The quantitative estimate of drug-likeness (QED) is 0.478. The molecule has 1 amide bonds. The first-order chi connectivity index (χ1) is 9.13. The number of nitro benzene ring substituents is 1. The molecule has 2 rings (SSSR count). The van der Waals surface area contributed by atoms with Crippen LogP contribution in [-0.2, 0) is 4.79 Å². The Morgan fingerprint density at radius 3 is 2.53 bits per heavy atom. The van der Waals surface area contributed by atoms with Crippen LogP contribution in [0.25, 0.3) is 0 Å². The minimum atomic E-state index is -0.912. The summed E-state index contributed by atoms with van der Waals surface area (Å²) in [5.74, 6) is -0.912. The van der Waals surface area contributed by atoms with Gasteiger partial charge < -0.3 is 4.90 Å². The van der Waals surface area contributed by atoms with Gasteiger partial charge in [-0.25, -0.2) is 0 Å². The van der Waals surface area contributed by atoms with E-state index in [0.717, 1.165) is 44.2 Å². The molecule has 1 fully saturated rings. The minimum absolute atomic E-state index is 0.0621. The molecule has 0 N–H and O–H groups in total. The highest BCUT2D eigenvalue weighted by Crippen LogP contribution is 2.29. The fourth-order valence-corrected chi connectivity index (χ4v) is 2.52. The second kappa shape index (κ2) is 5.77. The lowest BCUT2D eigenvalue weighted by Gasteiger charge is -2.31. The third-order valence-corrected chi connectivity index (χ3v) is 3.51. The molecule has 0 saturated heterocycles. The van der Waals surface area contributed by atoms with E-state index in [-0.39, 0.29) is 6.04 Å².